The first-order valence-corrected chi connectivity index (χ1v) is 12.3. The van der Waals surface area contributed by atoms with Crippen LogP contribution in [0.4, 0.5) is 20.4 Å². The van der Waals surface area contributed by atoms with Crippen LogP contribution in [0.1, 0.15) is 43.0 Å². The molecule has 1 saturated carbocycles. The molecule has 2 aromatic rings. The van der Waals surface area contributed by atoms with Crippen LogP contribution in [-0.2, 0) is 9.53 Å². The van der Waals surface area contributed by atoms with E-state index in [1.807, 2.05) is 0 Å². The summed E-state index contributed by atoms with van der Waals surface area (Å²) in [6, 6.07) is 2.59. The number of aromatic nitrogens is 2. The minimum atomic E-state index is -0.742. The van der Waals surface area contributed by atoms with Gasteiger partial charge in [-0.2, -0.15) is 9.37 Å². The van der Waals surface area contributed by atoms with E-state index in [0.29, 0.717) is 26.3 Å². The molecule has 0 bridgehead atoms. The summed E-state index contributed by atoms with van der Waals surface area (Å²) in [6.45, 7) is 3.33. The average Bonchev–Trinajstić information content (AvgIpc) is 2.90. The van der Waals surface area contributed by atoms with E-state index in [0.717, 1.165) is 37.9 Å². The molecule has 2 fully saturated rings. The fourth-order valence-electron chi connectivity index (χ4n) is 4.51. The number of methoxy groups -OCH3 is 1. The molecule has 2 heterocycles. The molecule has 200 valence electrons. The van der Waals surface area contributed by atoms with Crippen LogP contribution >= 0.6 is 0 Å². The smallest absolute Gasteiger partial charge is 0.257 e. The third-order valence-corrected chi connectivity index (χ3v) is 6.49. The van der Waals surface area contributed by atoms with E-state index in [1.165, 1.54) is 25.0 Å². The normalized spacial score (nSPS) is 19.7. The van der Waals surface area contributed by atoms with E-state index < -0.39 is 17.5 Å². The number of rotatable bonds is 8. The molecule has 10 nitrogen and oxygen atoms in total. The number of amides is 2. The van der Waals surface area contributed by atoms with Crippen LogP contribution in [0, 0.1) is 17.6 Å². The Balaban J connectivity index is 1.41. The lowest BCUT2D eigenvalue weighted by Crippen LogP contribution is -2.41. The monoisotopic (exact) mass is 519 g/mol. The van der Waals surface area contributed by atoms with Gasteiger partial charge in [-0.25, -0.2) is 9.37 Å². The van der Waals surface area contributed by atoms with Crippen LogP contribution in [0.2, 0.25) is 0 Å². The molecule has 0 unspecified atom stereocenters. The fraction of sp³-hybridized carbons (Fsp3) is 0.520. The first kappa shape index (κ1) is 26.5. The van der Waals surface area contributed by atoms with E-state index >= 15 is 0 Å². The van der Waals surface area contributed by atoms with Gasteiger partial charge in [-0.3, -0.25) is 9.59 Å². The lowest BCUT2D eigenvalue weighted by molar-refractivity contribution is -0.119. The Labute approximate surface area is 213 Å². The SMILES string of the molecule is COc1cc(C(=O)N2CCOCC2)c(F)cc1Nc1ncc(F)c(OC[C@H]2CC[C@H](NC(C)=O)CC2)n1. The van der Waals surface area contributed by atoms with Crippen molar-refractivity contribution in [3.8, 4) is 11.6 Å². The molecule has 1 saturated heterocycles. The van der Waals surface area contributed by atoms with Crippen molar-refractivity contribution in [3.05, 3.63) is 35.5 Å². The van der Waals surface area contributed by atoms with Crippen LogP contribution in [0.5, 0.6) is 11.6 Å². The van der Waals surface area contributed by atoms with E-state index in [4.69, 9.17) is 14.2 Å². The second-order valence-electron chi connectivity index (χ2n) is 9.14. The van der Waals surface area contributed by atoms with Crippen LogP contribution in [0.15, 0.2) is 18.3 Å². The molecule has 37 heavy (non-hydrogen) atoms. The molecule has 4 rings (SSSR count). The number of hydrogen-bond acceptors (Lipinski definition) is 8. The maximum atomic E-state index is 14.9. The van der Waals surface area contributed by atoms with Crippen molar-refractivity contribution in [3.63, 3.8) is 0 Å². The summed E-state index contributed by atoms with van der Waals surface area (Å²) in [5.41, 5.74) is 0.0500. The number of nitrogens with one attached hydrogen (secondary N) is 2. The number of carbonyl (C=O) groups excluding carboxylic acids is 2. The van der Waals surface area contributed by atoms with Crippen molar-refractivity contribution in [1.29, 1.82) is 0 Å². The summed E-state index contributed by atoms with van der Waals surface area (Å²) in [5.74, 6) is -1.79. The van der Waals surface area contributed by atoms with Gasteiger partial charge in [-0.05, 0) is 37.7 Å². The van der Waals surface area contributed by atoms with E-state index in [-0.39, 0.29) is 53.3 Å². The maximum absolute atomic E-state index is 14.9. The number of ether oxygens (including phenoxy) is 3. The number of benzene rings is 1. The van der Waals surface area contributed by atoms with Gasteiger partial charge in [-0.15, -0.1) is 0 Å². The topological polar surface area (TPSA) is 115 Å². The van der Waals surface area contributed by atoms with Crippen molar-refractivity contribution in [2.24, 2.45) is 5.92 Å². The van der Waals surface area contributed by atoms with Crippen molar-refractivity contribution in [2.75, 3.05) is 45.3 Å². The molecule has 2 amide bonds. The number of morpholine rings is 1. The Morgan fingerprint density at radius 1 is 1.14 bits per heavy atom. The van der Waals surface area contributed by atoms with Gasteiger partial charge in [0.25, 0.3) is 11.8 Å². The average molecular weight is 520 g/mol. The molecule has 1 aliphatic heterocycles. The molecule has 0 spiro atoms. The third-order valence-electron chi connectivity index (χ3n) is 6.49. The number of hydrogen-bond donors (Lipinski definition) is 2. The molecule has 1 aliphatic carbocycles. The van der Waals surface area contributed by atoms with Gasteiger partial charge < -0.3 is 29.7 Å². The van der Waals surface area contributed by atoms with E-state index in [2.05, 4.69) is 20.6 Å². The Morgan fingerprint density at radius 2 is 1.86 bits per heavy atom. The second kappa shape index (κ2) is 12.1. The number of anilines is 2. The Hall–Kier alpha value is -3.54. The molecular weight excluding hydrogens is 488 g/mol. The summed E-state index contributed by atoms with van der Waals surface area (Å²) in [5, 5.41) is 5.74. The van der Waals surface area contributed by atoms with Crippen molar-refractivity contribution < 1.29 is 32.6 Å². The first-order chi connectivity index (χ1) is 17.8. The van der Waals surface area contributed by atoms with Crippen molar-refractivity contribution in [2.45, 2.75) is 38.6 Å². The predicted molar refractivity (Wildman–Crippen MR) is 130 cm³/mol. The van der Waals surface area contributed by atoms with Gasteiger partial charge in [0.2, 0.25) is 17.7 Å². The standard InChI is InChI=1S/C25H31F2N5O5/c1-15(33)29-17-5-3-16(4-6-17)14-37-23-20(27)13-28-25(31-23)30-21-12-19(26)18(11-22(21)35-2)24(34)32-7-9-36-10-8-32/h11-13,16-17H,3-10,14H2,1-2H3,(H,29,33)(H,28,30,31)/t16-,17-. The molecule has 12 heteroatoms. The fourth-order valence-corrected chi connectivity index (χ4v) is 4.51. The van der Waals surface area contributed by atoms with E-state index in [1.54, 1.807) is 0 Å². The minimum Gasteiger partial charge on any atom is -0.495 e. The molecule has 0 radical (unpaired) electrons. The van der Waals surface area contributed by atoms with Crippen LogP contribution < -0.4 is 20.1 Å². The molecule has 2 N–H and O–H groups in total. The van der Waals surface area contributed by atoms with Crippen molar-refractivity contribution >= 4 is 23.5 Å². The summed E-state index contributed by atoms with van der Waals surface area (Å²) < 4.78 is 45.5. The van der Waals surface area contributed by atoms with Crippen molar-refractivity contribution in [1.82, 2.24) is 20.2 Å². The van der Waals surface area contributed by atoms with Gasteiger partial charge >= 0.3 is 0 Å². The van der Waals surface area contributed by atoms with Gasteiger partial charge in [0, 0.05) is 32.1 Å². The highest BCUT2D eigenvalue weighted by atomic mass is 19.1. The molecule has 1 aromatic carbocycles. The molecule has 0 atom stereocenters. The zero-order valence-electron chi connectivity index (χ0n) is 20.9. The quantitative estimate of drug-likeness (QED) is 0.547. The highest BCUT2D eigenvalue weighted by Crippen LogP contribution is 2.31. The highest BCUT2D eigenvalue weighted by molar-refractivity contribution is 5.96. The highest BCUT2D eigenvalue weighted by Gasteiger charge is 2.25. The Bertz CT molecular complexity index is 1120. The summed E-state index contributed by atoms with van der Waals surface area (Å²) in [4.78, 5) is 33.5. The van der Waals surface area contributed by atoms with Gasteiger partial charge in [0.15, 0.2) is 0 Å². The number of halogens is 2. The number of nitrogens with zero attached hydrogens (tertiary/aromatic N) is 3. The largest absolute Gasteiger partial charge is 0.495 e. The zero-order valence-corrected chi connectivity index (χ0v) is 20.9. The zero-order chi connectivity index (χ0) is 26.4. The molecular formula is C25H31F2N5O5. The lowest BCUT2D eigenvalue weighted by atomic mass is 9.86. The van der Waals surface area contributed by atoms with E-state index in [9.17, 15) is 18.4 Å². The summed E-state index contributed by atoms with van der Waals surface area (Å²) >= 11 is 0. The van der Waals surface area contributed by atoms with Gasteiger partial charge in [0.05, 0.1) is 44.4 Å². The number of carbonyl (C=O) groups is 2. The lowest BCUT2D eigenvalue weighted by Gasteiger charge is -2.28. The maximum Gasteiger partial charge on any atom is 0.257 e. The van der Waals surface area contributed by atoms with Crippen LogP contribution in [0.3, 0.4) is 0 Å². The molecule has 1 aromatic heterocycles. The Morgan fingerprint density at radius 3 is 2.54 bits per heavy atom. The van der Waals surface area contributed by atoms with Crippen LogP contribution in [-0.4, -0.2) is 72.7 Å². The Kier molecular flexibility index (Phi) is 8.70. The second-order valence-corrected chi connectivity index (χ2v) is 9.14. The van der Waals surface area contributed by atoms with Gasteiger partial charge in [0.1, 0.15) is 11.6 Å². The summed E-state index contributed by atoms with van der Waals surface area (Å²) in [6.07, 6.45) is 4.32. The summed E-state index contributed by atoms with van der Waals surface area (Å²) in [7, 11) is 1.39. The molecule has 2 aliphatic rings. The first-order valence-electron chi connectivity index (χ1n) is 12.3. The van der Waals surface area contributed by atoms with Crippen LogP contribution in [0.25, 0.3) is 0 Å². The predicted octanol–water partition coefficient (Wildman–Crippen LogP) is 3.05. The minimum absolute atomic E-state index is 0.0178. The van der Waals surface area contributed by atoms with Gasteiger partial charge in [-0.1, -0.05) is 0 Å². The third kappa shape index (κ3) is 6.82.